The second-order valence-corrected chi connectivity index (χ2v) is 10.4. The van der Waals surface area contributed by atoms with Crippen LogP contribution in [-0.4, -0.2) is 64.5 Å². The van der Waals surface area contributed by atoms with Gasteiger partial charge in [-0.05, 0) is 30.7 Å². The molecule has 12 nitrogen and oxygen atoms in total. The van der Waals surface area contributed by atoms with Crippen LogP contribution in [0.25, 0.3) is 0 Å². The van der Waals surface area contributed by atoms with Crippen LogP contribution in [0.15, 0.2) is 59.1 Å². The van der Waals surface area contributed by atoms with Crippen molar-refractivity contribution in [1.29, 1.82) is 0 Å². The lowest BCUT2D eigenvalue weighted by molar-refractivity contribution is -0.385. The van der Waals surface area contributed by atoms with Gasteiger partial charge in [-0.2, -0.15) is 0 Å². The predicted molar refractivity (Wildman–Crippen MR) is 144 cm³/mol. The fourth-order valence-corrected chi connectivity index (χ4v) is 5.68. The van der Waals surface area contributed by atoms with Crippen molar-refractivity contribution in [3.63, 3.8) is 0 Å². The minimum atomic E-state index is -0.855. The summed E-state index contributed by atoms with van der Waals surface area (Å²) in [5.74, 6) is -0.542. The zero-order valence-corrected chi connectivity index (χ0v) is 22.7. The molecule has 0 saturated carbocycles. The van der Waals surface area contributed by atoms with E-state index < -0.39 is 29.0 Å². The smallest absolute Gasteiger partial charge is 0.407 e. The maximum absolute atomic E-state index is 13.1. The molecule has 2 aliphatic rings. The summed E-state index contributed by atoms with van der Waals surface area (Å²) in [4.78, 5) is 50.5. The number of alkyl carbamates (subject to hydrolysis) is 1. The molecule has 1 saturated heterocycles. The molecular formula is C27H29N3O9S. The zero-order chi connectivity index (χ0) is 28.8. The van der Waals surface area contributed by atoms with Crippen molar-refractivity contribution in [3.8, 4) is 5.75 Å². The number of aliphatic hydroxyl groups is 1. The molecule has 0 spiro atoms. The van der Waals surface area contributed by atoms with Crippen LogP contribution in [0, 0.1) is 16.0 Å². The number of nitro groups is 1. The van der Waals surface area contributed by atoms with E-state index in [0.717, 1.165) is 5.56 Å². The second kappa shape index (κ2) is 12.8. The Kier molecular flexibility index (Phi) is 9.27. The molecule has 4 rings (SSSR count). The van der Waals surface area contributed by atoms with E-state index in [1.165, 1.54) is 34.9 Å². The van der Waals surface area contributed by atoms with Gasteiger partial charge in [0.25, 0.3) is 5.69 Å². The van der Waals surface area contributed by atoms with Gasteiger partial charge in [-0.3, -0.25) is 14.9 Å². The van der Waals surface area contributed by atoms with E-state index in [1.54, 1.807) is 44.4 Å². The van der Waals surface area contributed by atoms with Gasteiger partial charge in [-0.1, -0.05) is 24.3 Å². The fraction of sp³-hybridized carbons (Fsp3) is 0.370. The molecule has 0 radical (unpaired) electrons. The van der Waals surface area contributed by atoms with Crippen LogP contribution in [0.3, 0.4) is 0 Å². The van der Waals surface area contributed by atoms with Crippen molar-refractivity contribution in [1.82, 2.24) is 10.2 Å². The number of β-lactam (4-membered cyclic amide) rings is 1. The highest BCUT2D eigenvalue weighted by Crippen LogP contribution is 2.47. The number of nitro benzene ring substituents is 1. The predicted octanol–water partition coefficient (Wildman–Crippen LogP) is 3.13. The lowest BCUT2D eigenvalue weighted by atomic mass is 9.83. The van der Waals surface area contributed by atoms with Crippen molar-refractivity contribution in [2.45, 2.75) is 38.7 Å². The van der Waals surface area contributed by atoms with Gasteiger partial charge in [0.05, 0.1) is 35.7 Å². The third-order valence-electron chi connectivity index (χ3n) is 6.61. The van der Waals surface area contributed by atoms with Crippen molar-refractivity contribution in [2.24, 2.45) is 5.92 Å². The highest BCUT2D eigenvalue weighted by atomic mass is 32.2. The Morgan fingerprint density at radius 3 is 2.58 bits per heavy atom. The van der Waals surface area contributed by atoms with Crippen LogP contribution in [0.5, 0.6) is 5.75 Å². The van der Waals surface area contributed by atoms with E-state index in [2.05, 4.69) is 5.32 Å². The standard InChI is InChI=1S/C27H29N3O9S/c1-16(31)23-21-13-22(40-12-11-28-27(34)39-15-18-5-3-4-6-20(18)30(35)36)24(29(21)25(23)32)26(33)38-14-17-7-9-19(37-2)10-8-17/h3-10,16,21,23,31H,11-15H2,1-2H3,(H,28,34)/t16-,21-,23-/m1/s1. The summed E-state index contributed by atoms with van der Waals surface area (Å²) in [7, 11) is 1.55. The maximum Gasteiger partial charge on any atom is 0.407 e. The summed E-state index contributed by atoms with van der Waals surface area (Å²) < 4.78 is 15.7. The van der Waals surface area contributed by atoms with Crippen LogP contribution in [0.2, 0.25) is 0 Å². The number of thioether (sulfide) groups is 1. The molecule has 2 heterocycles. The Bertz CT molecular complexity index is 1310. The minimum absolute atomic E-state index is 0.00375. The molecule has 3 atom stereocenters. The van der Waals surface area contributed by atoms with Gasteiger partial charge < -0.3 is 29.5 Å². The molecule has 2 amide bonds. The summed E-state index contributed by atoms with van der Waals surface area (Å²) in [6, 6.07) is 12.7. The lowest BCUT2D eigenvalue weighted by Gasteiger charge is -2.44. The maximum atomic E-state index is 13.1. The third-order valence-corrected chi connectivity index (χ3v) is 7.72. The molecular weight excluding hydrogens is 542 g/mol. The van der Waals surface area contributed by atoms with Gasteiger partial charge in [0.1, 0.15) is 24.7 Å². The average Bonchev–Trinajstić information content (AvgIpc) is 3.27. The van der Waals surface area contributed by atoms with E-state index in [0.29, 0.717) is 22.8 Å². The summed E-state index contributed by atoms with van der Waals surface area (Å²) in [5, 5.41) is 23.7. The number of ether oxygens (including phenoxy) is 3. The van der Waals surface area contributed by atoms with Crippen molar-refractivity contribution in [2.75, 3.05) is 19.4 Å². The SMILES string of the molecule is COc1ccc(COC(=O)C2=C(SCCNC(=O)OCc3ccccc3[N+](=O)[O-])C[C@@H]3[C@@H]([C@@H](C)O)C(=O)N23)cc1. The van der Waals surface area contributed by atoms with Gasteiger partial charge in [0, 0.05) is 29.7 Å². The number of rotatable bonds is 12. The Hall–Kier alpha value is -4.10. The van der Waals surface area contributed by atoms with Crippen LogP contribution >= 0.6 is 11.8 Å². The molecule has 0 aliphatic carbocycles. The van der Waals surface area contributed by atoms with Gasteiger partial charge in [0.2, 0.25) is 5.91 Å². The van der Waals surface area contributed by atoms with Gasteiger partial charge in [-0.25, -0.2) is 9.59 Å². The second-order valence-electron chi connectivity index (χ2n) is 9.18. The highest BCUT2D eigenvalue weighted by molar-refractivity contribution is 8.03. The first kappa shape index (κ1) is 28.9. The molecule has 0 unspecified atom stereocenters. The number of aliphatic hydroxyl groups excluding tert-OH is 1. The van der Waals surface area contributed by atoms with Crippen LogP contribution in [0.1, 0.15) is 24.5 Å². The molecule has 0 aromatic heterocycles. The first-order valence-corrected chi connectivity index (χ1v) is 13.5. The molecule has 2 aliphatic heterocycles. The number of hydrogen-bond acceptors (Lipinski definition) is 10. The van der Waals surface area contributed by atoms with E-state index in [9.17, 15) is 29.6 Å². The van der Waals surface area contributed by atoms with Gasteiger partial charge in [-0.15, -0.1) is 11.8 Å². The molecule has 40 heavy (non-hydrogen) atoms. The molecule has 212 valence electrons. The molecule has 1 fully saturated rings. The molecule has 2 aromatic rings. The number of esters is 1. The number of carbonyl (C=O) groups excluding carboxylic acids is 3. The monoisotopic (exact) mass is 571 g/mol. The number of fused-ring (bicyclic) bond motifs is 1. The van der Waals surface area contributed by atoms with Gasteiger partial charge in [0.15, 0.2) is 0 Å². The van der Waals surface area contributed by atoms with E-state index in [1.807, 2.05) is 0 Å². The summed E-state index contributed by atoms with van der Waals surface area (Å²) >= 11 is 1.30. The van der Waals surface area contributed by atoms with E-state index in [-0.39, 0.29) is 48.7 Å². The average molecular weight is 572 g/mol. The third kappa shape index (κ3) is 6.37. The van der Waals surface area contributed by atoms with Crippen LogP contribution < -0.4 is 10.1 Å². The topological polar surface area (TPSA) is 158 Å². The van der Waals surface area contributed by atoms with Crippen LogP contribution in [0.4, 0.5) is 10.5 Å². The molecule has 2 N–H and O–H groups in total. The molecule has 2 aromatic carbocycles. The first-order chi connectivity index (χ1) is 19.2. The number of nitrogens with zero attached hydrogens (tertiary/aromatic N) is 2. The largest absolute Gasteiger partial charge is 0.497 e. The summed E-state index contributed by atoms with van der Waals surface area (Å²) in [6.07, 6.45) is -1.21. The number of amides is 2. The molecule has 0 bridgehead atoms. The summed E-state index contributed by atoms with van der Waals surface area (Å²) in [6.45, 7) is 1.47. The van der Waals surface area contributed by atoms with E-state index in [4.69, 9.17) is 14.2 Å². The van der Waals surface area contributed by atoms with E-state index >= 15 is 0 Å². The first-order valence-electron chi connectivity index (χ1n) is 12.5. The van der Waals surface area contributed by atoms with Crippen molar-refractivity contribution < 1.29 is 38.6 Å². The number of carbonyl (C=O) groups is 3. The quantitative estimate of drug-likeness (QED) is 0.127. The number of para-hydroxylation sites is 1. The van der Waals surface area contributed by atoms with Crippen LogP contribution in [-0.2, 0) is 32.3 Å². The Morgan fingerprint density at radius 2 is 1.90 bits per heavy atom. The number of nitrogens with one attached hydrogen (secondary N) is 1. The van der Waals surface area contributed by atoms with Gasteiger partial charge >= 0.3 is 12.1 Å². The Labute approximate surface area is 234 Å². The molecule has 13 heteroatoms. The Balaban J connectivity index is 1.33. The zero-order valence-electron chi connectivity index (χ0n) is 21.9. The highest BCUT2D eigenvalue weighted by Gasteiger charge is 2.57. The Morgan fingerprint density at radius 1 is 1.18 bits per heavy atom. The normalized spacial score (nSPS) is 18.5. The minimum Gasteiger partial charge on any atom is -0.497 e. The number of hydrogen-bond donors (Lipinski definition) is 2. The van der Waals surface area contributed by atoms with Crippen molar-refractivity contribution >= 4 is 35.4 Å². The lowest BCUT2D eigenvalue weighted by Crippen LogP contribution is -2.61. The van der Waals surface area contributed by atoms with Crippen molar-refractivity contribution in [3.05, 3.63) is 80.4 Å². The fourth-order valence-electron chi connectivity index (χ4n) is 4.62. The summed E-state index contributed by atoms with van der Waals surface area (Å²) in [5.41, 5.74) is 1.04. The number of methoxy groups -OCH3 is 1. The number of benzene rings is 2.